The molecule has 0 N–H and O–H groups in total. The maximum Gasteiger partial charge on any atom is 0.240 e. The molecular weight excluding hydrogens is 881 g/mol. The number of hydrogen-bond donors (Lipinski definition) is 0. The van der Waals surface area contributed by atoms with Gasteiger partial charge in [-0.3, -0.25) is 9.80 Å². The van der Waals surface area contributed by atoms with Gasteiger partial charge in [0.05, 0.1) is 22.4 Å². The summed E-state index contributed by atoms with van der Waals surface area (Å²) in [5.74, 6) is 1.69. The first kappa shape index (κ1) is 41.1. The van der Waals surface area contributed by atoms with Crippen molar-refractivity contribution in [3.8, 4) is 17.1 Å². The molecule has 0 saturated heterocycles. The summed E-state index contributed by atoms with van der Waals surface area (Å²) in [7, 11) is -2.91. The molecule has 0 fully saturated rings. The minimum atomic E-state index is -2.91. The summed E-state index contributed by atoms with van der Waals surface area (Å²) in [4.78, 5) is 21.5. The molecule has 336 valence electrons. The zero-order valence-corrected chi connectivity index (χ0v) is 40.3. The highest BCUT2D eigenvalue weighted by atomic mass is 28.3. The first-order chi connectivity index (χ1) is 35.0. The number of hydrogen-bond acceptors (Lipinski definition) is 5. The Bertz CT molecular complexity index is 3950. The third-order valence-corrected chi connectivity index (χ3v) is 19.9. The van der Waals surface area contributed by atoms with Crippen LogP contribution in [-0.4, -0.2) is 27.6 Å². The predicted octanol–water partition coefficient (Wildman–Crippen LogP) is 13.1. The van der Waals surface area contributed by atoms with E-state index in [9.17, 15) is 0 Å². The van der Waals surface area contributed by atoms with Crippen LogP contribution in [0.2, 0.25) is 0 Å². The fourth-order valence-corrected chi connectivity index (χ4v) is 17.2. The first-order valence-corrected chi connectivity index (χ1v) is 26.4. The molecule has 7 heteroatoms. The molecule has 6 nitrogen and oxygen atoms in total. The van der Waals surface area contributed by atoms with Crippen LogP contribution in [0, 0.1) is 0 Å². The van der Waals surface area contributed by atoms with Gasteiger partial charge in [-0.2, -0.15) is 15.0 Å². The van der Waals surface area contributed by atoms with Gasteiger partial charge in [-0.05, 0) is 68.3 Å². The zero-order chi connectivity index (χ0) is 47.3. The Balaban J connectivity index is 1.10. The molecule has 0 aliphatic carbocycles. The van der Waals surface area contributed by atoms with Crippen LogP contribution in [0.3, 0.4) is 0 Å². The van der Waals surface area contributed by atoms with Crippen molar-refractivity contribution in [3.05, 3.63) is 254 Å². The summed E-state index contributed by atoms with van der Waals surface area (Å²) < 4.78 is 2.46. The van der Waals surface area contributed by atoms with Gasteiger partial charge in [0.15, 0.2) is 13.9 Å². The van der Waals surface area contributed by atoms with Crippen LogP contribution >= 0.6 is 0 Å². The topological polar surface area (TPSA) is 50.1 Å². The summed E-state index contributed by atoms with van der Waals surface area (Å²) in [5.41, 5.74) is 10.6. The van der Waals surface area contributed by atoms with E-state index >= 15 is 0 Å². The van der Waals surface area contributed by atoms with Crippen LogP contribution in [0.5, 0.6) is 0 Å². The summed E-state index contributed by atoms with van der Waals surface area (Å²) in [5, 5.41) is 9.90. The van der Waals surface area contributed by atoms with Crippen molar-refractivity contribution < 1.29 is 0 Å². The van der Waals surface area contributed by atoms with Gasteiger partial charge in [0, 0.05) is 49.6 Å². The molecule has 71 heavy (non-hydrogen) atoms. The molecule has 0 atom stereocenters. The Morgan fingerprint density at radius 3 is 1.52 bits per heavy atom. The molecule has 10 aromatic carbocycles. The molecular formula is C64H46N6Si. The largest absolute Gasteiger partial charge is 0.309 e. The van der Waals surface area contributed by atoms with Crippen molar-refractivity contribution in [2.75, 3.05) is 9.80 Å². The van der Waals surface area contributed by atoms with Crippen molar-refractivity contribution >= 4 is 96.0 Å². The molecule has 4 heterocycles. The second-order valence-corrected chi connectivity index (χ2v) is 22.9. The Morgan fingerprint density at radius 2 is 0.887 bits per heavy atom. The fraction of sp³-hybridized carbons (Fsp3) is 0.0469. The molecule has 2 aliphatic heterocycles. The Hall–Kier alpha value is -8.91. The average Bonchev–Trinajstić information content (AvgIpc) is 3.78. The first-order valence-electron chi connectivity index (χ1n) is 24.4. The minimum Gasteiger partial charge on any atom is -0.309 e. The highest BCUT2D eigenvalue weighted by molar-refractivity contribution is 7.21. The monoisotopic (exact) mass is 926 g/mol. The number of anilines is 6. The Morgan fingerprint density at radius 1 is 0.408 bits per heavy atom. The van der Waals surface area contributed by atoms with Gasteiger partial charge in [0.25, 0.3) is 0 Å². The molecule has 2 aromatic heterocycles. The Kier molecular flexibility index (Phi) is 9.15. The van der Waals surface area contributed by atoms with Gasteiger partial charge < -0.3 is 4.57 Å². The number of benzene rings is 10. The van der Waals surface area contributed by atoms with E-state index in [1.165, 1.54) is 48.2 Å². The molecule has 0 amide bonds. The smallest absolute Gasteiger partial charge is 0.240 e. The summed E-state index contributed by atoms with van der Waals surface area (Å²) >= 11 is 0. The maximum absolute atomic E-state index is 5.78. The van der Waals surface area contributed by atoms with E-state index in [1.807, 2.05) is 6.07 Å². The van der Waals surface area contributed by atoms with E-state index in [0.717, 1.165) is 50.3 Å². The van der Waals surface area contributed by atoms with Crippen molar-refractivity contribution in [2.45, 2.75) is 19.3 Å². The number of fused-ring (bicyclic) bond motifs is 11. The second-order valence-electron chi connectivity index (χ2n) is 19.1. The van der Waals surface area contributed by atoms with Gasteiger partial charge in [0.2, 0.25) is 11.9 Å². The zero-order valence-electron chi connectivity index (χ0n) is 39.3. The van der Waals surface area contributed by atoms with E-state index in [4.69, 9.17) is 15.0 Å². The van der Waals surface area contributed by atoms with Crippen LogP contribution in [-0.2, 0) is 5.41 Å². The van der Waals surface area contributed by atoms with Crippen LogP contribution < -0.4 is 30.5 Å². The maximum atomic E-state index is 5.78. The lowest BCUT2D eigenvalue weighted by Gasteiger charge is -2.44. The van der Waals surface area contributed by atoms with Crippen LogP contribution in [0.15, 0.2) is 243 Å². The van der Waals surface area contributed by atoms with E-state index < -0.39 is 13.5 Å². The number of para-hydroxylation sites is 5. The molecule has 0 radical (unpaired) electrons. The van der Waals surface area contributed by atoms with Crippen molar-refractivity contribution in [1.29, 1.82) is 0 Å². The Labute approximate surface area is 413 Å². The normalized spacial score (nSPS) is 14.2. The SMILES string of the molecule is CC1(C)c2ccccc2N(c2nc(-c3ccccc3)nc(N3c4ccccc4[Si](c4ccccc4)(c4ccccc4)c4ccccc43)n2)c2c1c1c3ccccc3n(-c3ccccc3)c1c1ccccc21. The van der Waals surface area contributed by atoms with E-state index in [-0.39, 0.29) is 0 Å². The van der Waals surface area contributed by atoms with Crippen LogP contribution in [0.4, 0.5) is 34.6 Å². The second kappa shape index (κ2) is 15.8. The van der Waals surface area contributed by atoms with Crippen LogP contribution in [0.25, 0.3) is 49.7 Å². The number of nitrogens with zero attached hydrogens (tertiary/aromatic N) is 6. The molecule has 2 aliphatic rings. The minimum absolute atomic E-state index is 0.442. The van der Waals surface area contributed by atoms with Crippen molar-refractivity contribution in [1.82, 2.24) is 19.5 Å². The van der Waals surface area contributed by atoms with E-state index in [1.54, 1.807) is 0 Å². The third-order valence-electron chi connectivity index (χ3n) is 15.0. The molecule has 0 saturated carbocycles. The van der Waals surface area contributed by atoms with E-state index in [2.05, 4.69) is 265 Å². The number of rotatable bonds is 6. The summed E-state index contributed by atoms with van der Waals surface area (Å²) in [6, 6.07) is 87.9. The fourth-order valence-electron chi connectivity index (χ4n) is 12.1. The lowest BCUT2D eigenvalue weighted by Crippen LogP contribution is -2.77. The van der Waals surface area contributed by atoms with Crippen molar-refractivity contribution in [3.63, 3.8) is 0 Å². The number of aromatic nitrogens is 4. The lowest BCUT2D eigenvalue weighted by molar-refractivity contribution is 0.638. The van der Waals surface area contributed by atoms with E-state index in [0.29, 0.717) is 17.7 Å². The highest BCUT2D eigenvalue weighted by Crippen LogP contribution is 2.58. The standard InChI is InChI=1S/C64H46N6Si/c1-64(2)50-36-18-20-38-52(50)70(60-48-34-16-15-33-47(48)59-57(58(60)64)49-35-17-19-37-51(49)68(59)44-27-9-4-10-28-44)63-66-61(43-25-7-3-8-26-43)65-62(67-63)69-53-39-21-23-41-55(53)71(45-29-11-5-12-30-45,46-31-13-6-14-32-46)56-42-24-22-40-54(56)69/h3-42H,1-2H3. The van der Waals surface area contributed by atoms with Gasteiger partial charge in [0.1, 0.15) is 0 Å². The quantitative estimate of drug-likeness (QED) is 0.156. The third kappa shape index (κ3) is 5.90. The predicted molar refractivity (Wildman–Crippen MR) is 296 cm³/mol. The summed E-state index contributed by atoms with van der Waals surface area (Å²) in [6.07, 6.45) is 0. The molecule has 0 bridgehead atoms. The van der Waals surface area contributed by atoms with Gasteiger partial charge in [-0.25, -0.2) is 0 Å². The summed E-state index contributed by atoms with van der Waals surface area (Å²) in [6.45, 7) is 4.77. The van der Waals surface area contributed by atoms with Gasteiger partial charge >= 0.3 is 0 Å². The van der Waals surface area contributed by atoms with Gasteiger partial charge in [-0.1, -0.05) is 220 Å². The van der Waals surface area contributed by atoms with Gasteiger partial charge in [-0.15, -0.1) is 0 Å². The lowest BCUT2D eigenvalue weighted by atomic mass is 9.71. The molecule has 14 rings (SSSR count). The average molecular weight is 927 g/mol. The molecule has 12 aromatic rings. The molecule has 0 spiro atoms. The molecule has 0 unspecified atom stereocenters. The highest BCUT2D eigenvalue weighted by Gasteiger charge is 2.49. The van der Waals surface area contributed by atoms with Crippen molar-refractivity contribution in [2.24, 2.45) is 0 Å². The van der Waals surface area contributed by atoms with Crippen LogP contribution in [0.1, 0.15) is 25.0 Å².